The highest BCUT2D eigenvalue weighted by atomic mass is 35.5. The van der Waals surface area contributed by atoms with Gasteiger partial charge < -0.3 is 4.90 Å². The van der Waals surface area contributed by atoms with Crippen LogP contribution in [0.1, 0.15) is 11.3 Å². The van der Waals surface area contributed by atoms with Crippen LogP contribution in [0, 0.1) is 11.3 Å². The minimum absolute atomic E-state index is 0.310. The van der Waals surface area contributed by atoms with Crippen molar-refractivity contribution in [1.29, 1.82) is 5.26 Å². The molecule has 4 nitrogen and oxygen atoms in total. The van der Waals surface area contributed by atoms with Gasteiger partial charge in [-0.2, -0.15) is 5.26 Å². The van der Waals surface area contributed by atoms with Gasteiger partial charge in [-0.3, -0.25) is 0 Å². The van der Waals surface area contributed by atoms with Crippen molar-refractivity contribution < 1.29 is 0 Å². The Balaban J connectivity index is 2.15. The SMILES string of the molecule is CN(Cc1ccccc1Cl)c1cnc(C#N)cn1. The Morgan fingerprint density at radius 1 is 1.28 bits per heavy atom. The van der Waals surface area contributed by atoms with Gasteiger partial charge in [0, 0.05) is 18.6 Å². The van der Waals surface area contributed by atoms with E-state index in [2.05, 4.69) is 9.97 Å². The van der Waals surface area contributed by atoms with E-state index in [9.17, 15) is 0 Å². The monoisotopic (exact) mass is 258 g/mol. The van der Waals surface area contributed by atoms with Crippen molar-refractivity contribution in [2.75, 3.05) is 11.9 Å². The van der Waals surface area contributed by atoms with Crippen molar-refractivity contribution >= 4 is 17.4 Å². The first-order valence-corrected chi connectivity index (χ1v) is 5.75. The van der Waals surface area contributed by atoms with Crippen molar-refractivity contribution in [3.05, 3.63) is 52.9 Å². The number of nitriles is 1. The maximum atomic E-state index is 8.66. The Kier molecular flexibility index (Phi) is 3.75. The summed E-state index contributed by atoms with van der Waals surface area (Å²) in [5.41, 5.74) is 1.33. The molecular weight excluding hydrogens is 248 g/mol. The number of aromatic nitrogens is 2. The second-order valence-electron chi connectivity index (χ2n) is 3.82. The van der Waals surface area contributed by atoms with E-state index >= 15 is 0 Å². The molecule has 0 aliphatic carbocycles. The van der Waals surface area contributed by atoms with Crippen LogP contribution in [0.4, 0.5) is 5.82 Å². The van der Waals surface area contributed by atoms with Crippen LogP contribution in [0.3, 0.4) is 0 Å². The molecule has 5 heteroatoms. The van der Waals surface area contributed by atoms with Crippen LogP contribution in [0.15, 0.2) is 36.7 Å². The normalized spacial score (nSPS) is 9.83. The van der Waals surface area contributed by atoms with Gasteiger partial charge >= 0.3 is 0 Å². The molecule has 2 aromatic rings. The van der Waals surface area contributed by atoms with Crippen molar-refractivity contribution in [2.24, 2.45) is 0 Å². The van der Waals surface area contributed by atoms with Crippen LogP contribution in [0.2, 0.25) is 5.02 Å². The molecule has 0 aliphatic heterocycles. The first-order valence-electron chi connectivity index (χ1n) is 5.37. The predicted molar refractivity (Wildman–Crippen MR) is 70.3 cm³/mol. The number of anilines is 1. The summed E-state index contributed by atoms with van der Waals surface area (Å²) in [5, 5.41) is 9.38. The molecule has 2 rings (SSSR count). The third-order valence-electron chi connectivity index (χ3n) is 2.51. The Morgan fingerprint density at radius 2 is 2.06 bits per heavy atom. The summed E-state index contributed by atoms with van der Waals surface area (Å²) < 4.78 is 0. The lowest BCUT2D eigenvalue weighted by atomic mass is 10.2. The van der Waals surface area contributed by atoms with Gasteiger partial charge in [-0.15, -0.1) is 0 Å². The van der Waals surface area contributed by atoms with Crippen LogP contribution >= 0.6 is 11.6 Å². The van der Waals surface area contributed by atoms with Crippen LogP contribution in [0.5, 0.6) is 0 Å². The minimum atomic E-state index is 0.310. The molecule has 0 atom stereocenters. The van der Waals surface area contributed by atoms with Gasteiger partial charge in [0.15, 0.2) is 5.69 Å². The van der Waals surface area contributed by atoms with Crippen LogP contribution in [0.25, 0.3) is 0 Å². The number of halogens is 1. The average molecular weight is 259 g/mol. The third kappa shape index (κ3) is 2.76. The van der Waals surface area contributed by atoms with Gasteiger partial charge in [0.1, 0.15) is 11.9 Å². The largest absolute Gasteiger partial charge is 0.354 e. The highest BCUT2D eigenvalue weighted by Crippen LogP contribution is 2.18. The van der Waals surface area contributed by atoms with Gasteiger partial charge in [0.2, 0.25) is 0 Å². The summed E-state index contributed by atoms with van der Waals surface area (Å²) in [6, 6.07) is 9.60. The molecule has 1 aromatic heterocycles. The second-order valence-corrected chi connectivity index (χ2v) is 4.23. The molecule has 0 bridgehead atoms. The van der Waals surface area contributed by atoms with E-state index in [1.54, 1.807) is 6.20 Å². The lowest BCUT2D eigenvalue weighted by molar-refractivity contribution is 0.888. The highest BCUT2D eigenvalue weighted by Gasteiger charge is 2.06. The number of nitrogens with zero attached hydrogens (tertiary/aromatic N) is 4. The van der Waals surface area contributed by atoms with E-state index in [1.165, 1.54) is 6.20 Å². The molecule has 0 saturated heterocycles. The van der Waals surface area contributed by atoms with Gasteiger partial charge in [-0.1, -0.05) is 29.8 Å². The zero-order valence-electron chi connectivity index (χ0n) is 9.84. The van der Waals surface area contributed by atoms with E-state index in [0.29, 0.717) is 18.1 Å². The molecule has 0 saturated carbocycles. The Hall–Kier alpha value is -2.12. The minimum Gasteiger partial charge on any atom is -0.354 e. The van der Waals surface area contributed by atoms with Crippen LogP contribution in [-0.4, -0.2) is 17.0 Å². The Labute approximate surface area is 110 Å². The first-order chi connectivity index (χ1) is 8.70. The summed E-state index contributed by atoms with van der Waals surface area (Å²) >= 11 is 6.10. The molecule has 1 aromatic carbocycles. The summed E-state index contributed by atoms with van der Waals surface area (Å²) in [4.78, 5) is 10.1. The van der Waals surface area contributed by atoms with Crippen LogP contribution < -0.4 is 4.90 Å². The van der Waals surface area contributed by atoms with Gasteiger partial charge in [0.25, 0.3) is 0 Å². The molecule has 0 unspecified atom stereocenters. The number of hydrogen-bond donors (Lipinski definition) is 0. The van der Waals surface area contributed by atoms with Crippen LogP contribution in [-0.2, 0) is 6.54 Å². The molecular formula is C13H11ClN4. The molecule has 0 aliphatic rings. The third-order valence-corrected chi connectivity index (χ3v) is 2.88. The summed E-state index contributed by atoms with van der Waals surface area (Å²) in [6.45, 7) is 0.639. The summed E-state index contributed by atoms with van der Waals surface area (Å²) in [6.07, 6.45) is 3.04. The molecule has 90 valence electrons. The lowest BCUT2D eigenvalue weighted by Crippen LogP contribution is -2.18. The Morgan fingerprint density at radius 3 is 2.67 bits per heavy atom. The summed E-state index contributed by atoms with van der Waals surface area (Å²) in [7, 11) is 1.90. The molecule has 0 amide bonds. The maximum Gasteiger partial charge on any atom is 0.158 e. The average Bonchev–Trinajstić information content (AvgIpc) is 2.41. The fourth-order valence-corrected chi connectivity index (χ4v) is 1.73. The lowest BCUT2D eigenvalue weighted by Gasteiger charge is -2.18. The molecule has 1 heterocycles. The van der Waals surface area contributed by atoms with Crippen molar-refractivity contribution in [2.45, 2.75) is 6.54 Å². The van der Waals surface area contributed by atoms with Gasteiger partial charge in [-0.25, -0.2) is 9.97 Å². The standard InChI is InChI=1S/C13H11ClN4/c1-18(9-10-4-2-3-5-12(10)14)13-8-16-11(6-15)7-17-13/h2-5,7-8H,9H2,1H3. The topological polar surface area (TPSA) is 52.8 Å². The molecule has 0 fully saturated rings. The van der Waals surface area contributed by atoms with Crippen molar-refractivity contribution in [1.82, 2.24) is 9.97 Å². The highest BCUT2D eigenvalue weighted by molar-refractivity contribution is 6.31. The number of rotatable bonds is 3. The van der Waals surface area contributed by atoms with E-state index in [4.69, 9.17) is 16.9 Å². The zero-order valence-corrected chi connectivity index (χ0v) is 10.6. The van der Waals surface area contributed by atoms with E-state index in [0.717, 1.165) is 10.6 Å². The number of hydrogen-bond acceptors (Lipinski definition) is 4. The van der Waals surface area contributed by atoms with Gasteiger partial charge in [-0.05, 0) is 11.6 Å². The molecule has 18 heavy (non-hydrogen) atoms. The quantitative estimate of drug-likeness (QED) is 0.849. The maximum absolute atomic E-state index is 8.66. The van der Waals surface area contributed by atoms with Crippen molar-refractivity contribution in [3.8, 4) is 6.07 Å². The zero-order chi connectivity index (χ0) is 13.0. The summed E-state index contributed by atoms with van der Waals surface area (Å²) in [5.74, 6) is 0.703. The fourth-order valence-electron chi connectivity index (χ4n) is 1.54. The smallest absolute Gasteiger partial charge is 0.158 e. The number of benzene rings is 1. The van der Waals surface area contributed by atoms with Gasteiger partial charge in [0.05, 0.1) is 12.4 Å². The predicted octanol–water partition coefficient (Wildman–Crippen LogP) is 2.64. The fraction of sp³-hybridized carbons (Fsp3) is 0.154. The van der Waals surface area contributed by atoms with E-state index in [-0.39, 0.29) is 0 Å². The molecule has 0 radical (unpaired) electrons. The van der Waals surface area contributed by atoms with E-state index < -0.39 is 0 Å². The molecule has 0 spiro atoms. The first kappa shape index (κ1) is 12.3. The molecule has 0 N–H and O–H groups in total. The second kappa shape index (κ2) is 5.48. The van der Waals surface area contributed by atoms with Crippen molar-refractivity contribution in [3.63, 3.8) is 0 Å². The van der Waals surface area contributed by atoms with E-state index in [1.807, 2.05) is 42.3 Å². The Bertz CT molecular complexity index is 574.